The lowest BCUT2D eigenvalue weighted by Crippen LogP contribution is -2.39. The third-order valence-electron chi connectivity index (χ3n) is 3.14. The van der Waals surface area contributed by atoms with Crippen LogP contribution in [0.2, 0.25) is 0 Å². The van der Waals surface area contributed by atoms with Gasteiger partial charge in [0.05, 0.1) is 6.20 Å². The number of carbonyl (C=O) groups excluding carboxylic acids is 2. The minimum absolute atomic E-state index is 0.274. The summed E-state index contributed by atoms with van der Waals surface area (Å²) in [6, 6.07) is 7.69. The average Bonchev–Trinajstić information content (AvgIpc) is 3.00. The van der Waals surface area contributed by atoms with Crippen molar-refractivity contribution in [2.24, 2.45) is 0 Å². The molecule has 0 bridgehead atoms. The highest BCUT2D eigenvalue weighted by molar-refractivity contribution is 5.86. The molecule has 1 atom stereocenters. The predicted octanol–water partition coefficient (Wildman–Crippen LogP) is 1.18. The first-order valence-corrected chi connectivity index (χ1v) is 7.86. The van der Waals surface area contributed by atoms with E-state index in [1.54, 1.807) is 51.1 Å². The Hall–Kier alpha value is -3.23. The molecule has 0 saturated heterocycles. The minimum atomic E-state index is -1.24. The number of nitrogens with one attached hydrogen (secondary N) is 1. The van der Waals surface area contributed by atoms with Gasteiger partial charge in [0, 0.05) is 0 Å². The summed E-state index contributed by atoms with van der Waals surface area (Å²) in [5, 5.41) is 18.4. The van der Waals surface area contributed by atoms with Crippen molar-refractivity contribution in [3.8, 4) is 0 Å². The maximum Gasteiger partial charge on any atom is 0.358 e. The van der Waals surface area contributed by atoms with Crippen LogP contribution in [0.15, 0.2) is 36.5 Å². The highest BCUT2D eigenvalue weighted by atomic mass is 16.6. The Morgan fingerprint density at radius 3 is 2.42 bits per heavy atom. The van der Waals surface area contributed by atoms with Crippen molar-refractivity contribution in [3.05, 3.63) is 47.8 Å². The standard InChI is InChI=1S/C17H20N4O5/c1-17(2,3)26-16(25)14(11-7-5-4-6-8-11)18-13(22)10-21-9-12(15(23)24)19-20-21/h4-9,14H,10H2,1-3H3,(H,18,22)(H,23,24)/t14-/m0/s1. The van der Waals surface area contributed by atoms with Crippen LogP contribution in [0.5, 0.6) is 0 Å². The second-order valence-corrected chi connectivity index (χ2v) is 6.55. The fraction of sp³-hybridized carbons (Fsp3) is 0.353. The molecule has 0 unspecified atom stereocenters. The van der Waals surface area contributed by atoms with E-state index in [0.717, 1.165) is 10.9 Å². The van der Waals surface area contributed by atoms with Crippen LogP contribution in [0, 0.1) is 0 Å². The Labute approximate surface area is 150 Å². The average molecular weight is 360 g/mol. The smallest absolute Gasteiger partial charge is 0.358 e. The first-order chi connectivity index (χ1) is 12.2. The molecule has 2 aromatic rings. The number of hydrogen-bond acceptors (Lipinski definition) is 6. The molecular formula is C17H20N4O5. The van der Waals surface area contributed by atoms with Crippen molar-refractivity contribution < 1.29 is 24.2 Å². The summed E-state index contributed by atoms with van der Waals surface area (Å²) in [5.74, 6) is -2.37. The second kappa shape index (κ2) is 7.77. The number of nitrogens with zero attached hydrogens (tertiary/aromatic N) is 3. The SMILES string of the molecule is CC(C)(C)OC(=O)[C@@H](NC(=O)Cn1cc(C(=O)O)nn1)c1ccccc1. The van der Waals surface area contributed by atoms with E-state index in [0.29, 0.717) is 5.56 Å². The topological polar surface area (TPSA) is 123 Å². The molecule has 1 heterocycles. The number of esters is 1. The lowest BCUT2D eigenvalue weighted by atomic mass is 10.1. The summed E-state index contributed by atoms with van der Waals surface area (Å²) in [7, 11) is 0. The Bertz CT molecular complexity index is 795. The van der Waals surface area contributed by atoms with E-state index < -0.39 is 29.5 Å². The van der Waals surface area contributed by atoms with Gasteiger partial charge >= 0.3 is 11.9 Å². The van der Waals surface area contributed by atoms with Crippen molar-refractivity contribution in [1.82, 2.24) is 20.3 Å². The number of carboxylic acids is 1. The molecule has 9 nitrogen and oxygen atoms in total. The van der Waals surface area contributed by atoms with Gasteiger partial charge in [0.2, 0.25) is 5.91 Å². The van der Waals surface area contributed by atoms with Crippen LogP contribution in [0.1, 0.15) is 42.9 Å². The number of amides is 1. The quantitative estimate of drug-likeness (QED) is 0.741. The largest absolute Gasteiger partial charge is 0.476 e. The number of aromatic nitrogens is 3. The number of carbonyl (C=O) groups is 3. The third-order valence-corrected chi connectivity index (χ3v) is 3.14. The molecule has 9 heteroatoms. The molecule has 0 aliphatic carbocycles. The summed E-state index contributed by atoms with van der Waals surface area (Å²) in [5.41, 5.74) is -0.415. The summed E-state index contributed by atoms with van der Waals surface area (Å²) >= 11 is 0. The maximum absolute atomic E-state index is 12.5. The van der Waals surface area contributed by atoms with Crippen molar-refractivity contribution >= 4 is 17.8 Å². The van der Waals surface area contributed by atoms with E-state index in [4.69, 9.17) is 9.84 Å². The summed E-state index contributed by atoms with van der Waals surface area (Å²) in [4.78, 5) is 35.6. The van der Waals surface area contributed by atoms with Crippen molar-refractivity contribution in [2.75, 3.05) is 0 Å². The van der Waals surface area contributed by atoms with Gasteiger partial charge in [0.1, 0.15) is 12.1 Å². The third kappa shape index (κ3) is 5.40. The number of rotatable bonds is 6. The van der Waals surface area contributed by atoms with Crippen molar-refractivity contribution in [2.45, 2.75) is 39.0 Å². The molecular weight excluding hydrogens is 340 g/mol. The maximum atomic E-state index is 12.5. The lowest BCUT2D eigenvalue weighted by Gasteiger charge is -2.24. The first-order valence-electron chi connectivity index (χ1n) is 7.86. The molecule has 1 aromatic carbocycles. The number of aromatic carboxylic acids is 1. The number of benzene rings is 1. The zero-order valence-electron chi connectivity index (χ0n) is 14.7. The van der Waals surface area contributed by atoms with Crippen LogP contribution in [-0.4, -0.2) is 43.5 Å². The van der Waals surface area contributed by atoms with E-state index in [2.05, 4.69) is 15.6 Å². The van der Waals surface area contributed by atoms with Crippen LogP contribution in [-0.2, 0) is 20.9 Å². The van der Waals surface area contributed by atoms with E-state index >= 15 is 0 Å². The lowest BCUT2D eigenvalue weighted by molar-refractivity contribution is -0.159. The number of ether oxygens (including phenoxy) is 1. The number of hydrogen-bond donors (Lipinski definition) is 2. The molecule has 0 spiro atoms. The molecule has 1 amide bonds. The minimum Gasteiger partial charge on any atom is -0.476 e. The van der Waals surface area contributed by atoms with Crippen LogP contribution < -0.4 is 5.32 Å². The van der Waals surface area contributed by atoms with Gasteiger partial charge in [-0.1, -0.05) is 35.5 Å². The van der Waals surface area contributed by atoms with Crippen LogP contribution >= 0.6 is 0 Å². The molecule has 0 aliphatic rings. The summed E-state index contributed by atoms with van der Waals surface area (Å²) in [6.07, 6.45) is 1.13. The Morgan fingerprint density at radius 2 is 1.88 bits per heavy atom. The summed E-state index contributed by atoms with van der Waals surface area (Å²) < 4.78 is 6.45. The molecule has 0 aliphatic heterocycles. The molecule has 26 heavy (non-hydrogen) atoms. The number of carboxylic acid groups (broad SMARTS) is 1. The molecule has 2 rings (SSSR count). The van der Waals surface area contributed by atoms with Gasteiger partial charge in [-0.25, -0.2) is 14.3 Å². The van der Waals surface area contributed by atoms with Crippen molar-refractivity contribution in [1.29, 1.82) is 0 Å². The summed E-state index contributed by atoms with van der Waals surface area (Å²) in [6.45, 7) is 4.92. The molecule has 0 saturated carbocycles. The second-order valence-electron chi connectivity index (χ2n) is 6.55. The van der Waals surface area contributed by atoms with Gasteiger partial charge in [-0.2, -0.15) is 0 Å². The van der Waals surface area contributed by atoms with E-state index in [1.165, 1.54) is 0 Å². The predicted molar refractivity (Wildman–Crippen MR) is 90.2 cm³/mol. The Balaban J connectivity index is 2.13. The molecule has 138 valence electrons. The van der Waals surface area contributed by atoms with Crippen LogP contribution in [0.25, 0.3) is 0 Å². The van der Waals surface area contributed by atoms with Gasteiger partial charge < -0.3 is 15.2 Å². The fourth-order valence-corrected chi connectivity index (χ4v) is 2.11. The zero-order chi connectivity index (χ0) is 19.3. The fourth-order valence-electron chi connectivity index (χ4n) is 2.11. The zero-order valence-corrected chi connectivity index (χ0v) is 14.7. The molecule has 0 fully saturated rings. The normalized spacial score (nSPS) is 12.3. The van der Waals surface area contributed by atoms with E-state index in [9.17, 15) is 14.4 Å². The molecule has 1 aromatic heterocycles. The molecule has 0 radical (unpaired) electrons. The molecule has 2 N–H and O–H groups in total. The monoisotopic (exact) mass is 360 g/mol. The highest BCUT2D eigenvalue weighted by Gasteiger charge is 2.28. The van der Waals surface area contributed by atoms with Gasteiger partial charge in [-0.05, 0) is 26.3 Å². The van der Waals surface area contributed by atoms with E-state index in [1.807, 2.05) is 0 Å². The van der Waals surface area contributed by atoms with Crippen LogP contribution in [0.4, 0.5) is 0 Å². The first kappa shape index (κ1) is 19.1. The highest BCUT2D eigenvalue weighted by Crippen LogP contribution is 2.18. The van der Waals surface area contributed by atoms with Gasteiger partial charge in [0.25, 0.3) is 0 Å². The Morgan fingerprint density at radius 1 is 1.23 bits per heavy atom. The van der Waals surface area contributed by atoms with Crippen LogP contribution in [0.3, 0.4) is 0 Å². The van der Waals surface area contributed by atoms with Crippen molar-refractivity contribution in [3.63, 3.8) is 0 Å². The van der Waals surface area contributed by atoms with Gasteiger partial charge in [-0.15, -0.1) is 5.10 Å². The van der Waals surface area contributed by atoms with Gasteiger partial charge in [0.15, 0.2) is 11.7 Å². The Kier molecular flexibility index (Phi) is 5.71. The van der Waals surface area contributed by atoms with E-state index in [-0.39, 0.29) is 12.2 Å². The van der Waals surface area contributed by atoms with Gasteiger partial charge in [-0.3, -0.25) is 4.79 Å².